The number of nitrogens with two attached hydrogens (primary N) is 1. The van der Waals surface area contributed by atoms with Crippen LogP contribution in [-0.4, -0.2) is 17.7 Å². The topological polar surface area (TPSA) is 72.5 Å². The largest absolute Gasteiger partial charge is 0.494 e. The third kappa shape index (κ3) is 4.08. The van der Waals surface area contributed by atoms with E-state index in [4.69, 9.17) is 15.6 Å². The van der Waals surface area contributed by atoms with Crippen molar-refractivity contribution >= 4 is 18.4 Å². The zero-order valence-corrected chi connectivity index (χ0v) is 9.87. The van der Waals surface area contributed by atoms with Crippen LogP contribution in [0.2, 0.25) is 0 Å². The number of para-hydroxylation sites is 1. The van der Waals surface area contributed by atoms with Crippen LogP contribution in [0.15, 0.2) is 24.3 Å². The number of hydrogen-bond acceptors (Lipinski definition) is 3. The molecule has 90 valence electrons. The fourth-order valence-corrected chi connectivity index (χ4v) is 1.37. The summed E-state index contributed by atoms with van der Waals surface area (Å²) in [5, 5.41) is 8.65. The Morgan fingerprint density at radius 2 is 2.12 bits per heavy atom. The highest BCUT2D eigenvalue weighted by molar-refractivity contribution is 5.85. The van der Waals surface area contributed by atoms with E-state index in [1.165, 1.54) is 0 Å². The summed E-state index contributed by atoms with van der Waals surface area (Å²) in [4.78, 5) is 10.5. The van der Waals surface area contributed by atoms with Gasteiger partial charge in [0.2, 0.25) is 0 Å². The Hall–Kier alpha value is -1.26. The number of carboxylic acid groups (broad SMARTS) is 1. The van der Waals surface area contributed by atoms with E-state index in [1.807, 2.05) is 19.1 Å². The van der Waals surface area contributed by atoms with Gasteiger partial charge in [-0.3, -0.25) is 4.79 Å². The summed E-state index contributed by atoms with van der Waals surface area (Å²) in [6.07, 6.45) is -0.0932. The summed E-state index contributed by atoms with van der Waals surface area (Å²) in [5.74, 6) is -0.248. The first-order valence-corrected chi connectivity index (χ1v) is 4.84. The number of hydrogen-bond donors (Lipinski definition) is 2. The van der Waals surface area contributed by atoms with Gasteiger partial charge >= 0.3 is 5.97 Å². The minimum Gasteiger partial charge on any atom is -0.494 e. The van der Waals surface area contributed by atoms with Crippen molar-refractivity contribution in [1.29, 1.82) is 0 Å². The van der Waals surface area contributed by atoms with Gasteiger partial charge < -0.3 is 15.6 Å². The summed E-state index contributed by atoms with van der Waals surface area (Å²) in [7, 11) is 0. The van der Waals surface area contributed by atoms with E-state index in [0.717, 1.165) is 5.56 Å². The smallest absolute Gasteiger partial charge is 0.305 e. The summed E-state index contributed by atoms with van der Waals surface area (Å²) >= 11 is 0. The van der Waals surface area contributed by atoms with Gasteiger partial charge in [0.15, 0.2) is 0 Å². The third-order valence-electron chi connectivity index (χ3n) is 2.01. The number of rotatable bonds is 5. The van der Waals surface area contributed by atoms with Crippen LogP contribution in [0.1, 0.15) is 24.9 Å². The van der Waals surface area contributed by atoms with Crippen LogP contribution in [-0.2, 0) is 4.79 Å². The Balaban J connectivity index is 0.00000225. The molecule has 0 aliphatic heterocycles. The number of carbonyl (C=O) groups is 1. The molecule has 0 heterocycles. The molecular formula is C11H16ClNO3. The molecule has 0 bridgehead atoms. The zero-order valence-electron chi connectivity index (χ0n) is 9.05. The Morgan fingerprint density at radius 3 is 2.69 bits per heavy atom. The van der Waals surface area contributed by atoms with Crippen molar-refractivity contribution in [2.24, 2.45) is 5.73 Å². The fourth-order valence-electron chi connectivity index (χ4n) is 1.37. The average Bonchev–Trinajstić information content (AvgIpc) is 2.18. The van der Waals surface area contributed by atoms with E-state index in [9.17, 15) is 4.79 Å². The number of carboxylic acids is 1. The predicted molar refractivity (Wildman–Crippen MR) is 64.0 cm³/mol. The van der Waals surface area contributed by atoms with Gasteiger partial charge in [-0.25, -0.2) is 0 Å². The molecule has 0 radical (unpaired) electrons. The molecule has 1 rings (SSSR count). The summed E-state index contributed by atoms with van der Waals surface area (Å²) in [5.41, 5.74) is 6.50. The maximum absolute atomic E-state index is 10.5. The number of benzene rings is 1. The molecule has 1 aromatic rings. The van der Waals surface area contributed by atoms with Crippen molar-refractivity contribution in [3.63, 3.8) is 0 Å². The van der Waals surface area contributed by atoms with Gasteiger partial charge in [-0.05, 0) is 13.0 Å². The molecule has 4 nitrogen and oxygen atoms in total. The minimum atomic E-state index is -0.909. The van der Waals surface area contributed by atoms with Crippen molar-refractivity contribution in [2.45, 2.75) is 19.4 Å². The second-order valence-corrected chi connectivity index (χ2v) is 3.18. The van der Waals surface area contributed by atoms with Crippen LogP contribution < -0.4 is 10.5 Å². The summed E-state index contributed by atoms with van der Waals surface area (Å²) in [6.45, 7) is 2.41. The van der Waals surface area contributed by atoms with Gasteiger partial charge in [-0.2, -0.15) is 0 Å². The van der Waals surface area contributed by atoms with E-state index >= 15 is 0 Å². The molecule has 1 aromatic carbocycles. The molecule has 0 saturated carbocycles. The lowest BCUT2D eigenvalue weighted by molar-refractivity contribution is -0.137. The van der Waals surface area contributed by atoms with Crippen molar-refractivity contribution in [1.82, 2.24) is 0 Å². The molecule has 0 aliphatic rings. The first-order valence-electron chi connectivity index (χ1n) is 4.84. The van der Waals surface area contributed by atoms with Gasteiger partial charge in [-0.1, -0.05) is 18.2 Å². The molecule has 5 heteroatoms. The van der Waals surface area contributed by atoms with Gasteiger partial charge in [0.1, 0.15) is 5.75 Å². The average molecular weight is 246 g/mol. The van der Waals surface area contributed by atoms with Gasteiger partial charge in [0.05, 0.1) is 13.0 Å². The highest BCUT2D eigenvalue weighted by Gasteiger charge is 2.14. The van der Waals surface area contributed by atoms with E-state index in [2.05, 4.69) is 0 Å². The highest BCUT2D eigenvalue weighted by Crippen LogP contribution is 2.25. The van der Waals surface area contributed by atoms with Crippen LogP contribution in [0.25, 0.3) is 0 Å². The fraction of sp³-hybridized carbons (Fsp3) is 0.364. The molecular weight excluding hydrogens is 230 g/mol. The predicted octanol–water partition coefficient (Wildman–Crippen LogP) is 1.98. The molecule has 0 spiro atoms. The normalized spacial score (nSPS) is 11.4. The van der Waals surface area contributed by atoms with Crippen LogP contribution >= 0.6 is 12.4 Å². The lowest BCUT2D eigenvalue weighted by Gasteiger charge is -2.14. The zero-order chi connectivity index (χ0) is 11.3. The maximum atomic E-state index is 10.5. The first kappa shape index (κ1) is 14.7. The Bertz CT molecular complexity index is 344. The molecule has 0 amide bonds. The van der Waals surface area contributed by atoms with Crippen LogP contribution in [0.5, 0.6) is 5.75 Å². The number of aliphatic carboxylic acids is 1. The minimum absolute atomic E-state index is 0. The summed E-state index contributed by atoms with van der Waals surface area (Å²) in [6, 6.07) is 6.71. The molecule has 16 heavy (non-hydrogen) atoms. The van der Waals surface area contributed by atoms with Crippen LogP contribution in [0, 0.1) is 0 Å². The standard InChI is InChI=1S/C11H15NO3.ClH/c1-2-15-10-6-4-3-5-8(10)9(12)7-11(13)14;/h3-6,9H,2,7,12H2,1H3,(H,13,14);1H/t9-;/m1./s1. The highest BCUT2D eigenvalue weighted by atomic mass is 35.5. The van der Waals surface area contributed by atoms with E-state index in [1.54, 1.807) is 12.1 Å². The SMILES string of the molecule is CCOc1ccccc1[C@H](N)CC(=O)O.Cl. The first-order chi connectivity index (χ1) is 7.15. The molecule has 1 atom stereocenters. The van der Waals surface area contributed by atoms with Gasteiger partial charge in [-0.15, -0.1) is 12.4 Å². The van der Waals surface area contributed by atoms with Crippen molar-refractivity contribution in [2.75, 3.05) is 6.61 Å². The van der Waals surface area contributed by atoms with E-state index < -0.39 is 12.0 Å². The van der Waals surface area contributed by atoms with Crippen molar-refractivity contribution < 1.29 is 14.6 Å². The molecule has 0 fully saturated rings. The van der Waals surface area contributed by atoms with Crippen molar-refractivity contribution in [3.8, 4) is 5.75 Å². The number of ether oxygens (including phenoxy) is 1. The summed E-state index contributed by atoms with van der Waals surface area (Å²) < 4.78 is 5.37. The molecule has 3 N–H and O–H groups in total. The monoisotopic (exact) mass is 245 g/mol. The molecule has 0 unspecified atom stereocenters. The lowest BCUT2D eigenvalue weighted by Crippen LogP contribution is -2.16. The Morgan fingerprint density at radius 1 is 1.50 bits per heavy atom. The van der Waals surface area contributed by atoms with Crippen LogP contribution in [0.4, 0.5) is 0 Å². The Kier molecular flexibility index (Phi) is 6.53. The van der Waals surface area contributed by atoms with Crippen molar-refractivity contribution in [3.05, 3.63) is 29.8 Å². The Labute approximate surface area is 101 Å². The molecule has 0 saturated heterocycles. The third-order valence-corrected chi connectivity index (χ3v) is 2.01. The lowest BCUT2D eigenvalue weighted by atomic mass is 10.0. The number of halogens is 1. The second-order valence-electron chi connectivity index (χ2n) is 3.18. The molecule has 0 aromatic heterocycles. The maximum Gasteiger partial charge on any atom is 0.305 e. The van der Waals surface area contributed by atoms with E-state index in [0.29, 0.717) is 12.4 Å². The molecule has 0 aliphatic carbocycles. The van der Waals surface area contributed by atoms with Gasteiger partial charge in [0, 0.05) is 11.6 Å². The van der Waals surface area contributed by atoms with Crippen LogP contribution in [0.3, 0.4) is 0 Å². The quantitative estimate of drug-likeness (QED) is 0.832. The van der Waals surface area contributed by atoms with E-state index in [-0.39, 0.29) is 18.8 Å². The van der Waals surface area contributed by atoms with Gasteiger partial charge in [0.25, 0.3) is 0 Å². The second kappa shape index (κ2) is 7.09.